The summed E-state index contributed by atoms with van der Waals surface area (Å²) in [4.78, 5) is 16.1. The van der Waals surface area contributed by atoms with Crippen molar-refractivity contribution in [3.05, 3.63) is 63.3 Å². The number of Topliss-reactive ketones (excluding diaryl/α,β-unsaturated/α-hetero) is 1. The molecule has 0 aliphatic rings. The average molecular weight is 311 g/mol. The molecule has 1 heterocycles. The second-order valence-corrected chi connectivity index (χ2v) is 4.85. The van der Waals surface area contributed by atoms with E-state index in [1.165, 1.54) is 0 Å². The summed E-state index contributed by atoms with van der Waals surface area (Å²) in [6, 6.07) is 10.8. The fourth-order valence-electron chi connectivity index (χ4n) is 1.46. The summed E-state index contributed by atoms with van der Waals surface area (Å²) < 4.78 is 0.721. The third-order valence-corrected chi connectivity index (χ3v) is 3.19. The van der Waals surface area contributed by atoms with E-state index in [1.807, 2.05) is 18.2 Å². The number of hydrogen-bond donors (Lipinski definition) is 0. The van der Waals surface area contributed by atoms with E-state index in [0.717, 1.165) is 10.0 Å². The van der Waals surface area contributed by atoms with E-state index in [2.05, 4.69) is 20.9 Å². The maximum absolute atomic E-state index is 12.0. The third kappa shape index (κ3) is 3.14. The summed E-state index contributed by atoms with van der Waals surface area (Å²) in [5.74, 6) is -0.0141. The van der Waals surface area contributed by atoms with Crippen LogP contribution in [0.1, 0.15) is 16.1 Å². The SMILES string of the molecule is O=C(Cc1ccc(Cl)cc1)c1ncccc1Br. The Kier molecular flexibility index (Phi) is 3.92. The number of pyridine rings is 1. The van der Waals surface area contributed by atoms with E-state index in [1.54, 1.807) is 24.4 Å². The van der Waals surface area contributed by atoms with Crippen molar-refractivity contribution < 1.29 is 4.79 Å². The standard InChI is InChI=1S/C13H9BrClNO/c14-11-2-1-7-16-13(11)12(17)8-9-3-5-10(15)6-4-9/h1-7H,8H2. The number of ketones is 1. The fourth-order valence-corrected chi connectivity index (χ4v) is 2.06. The molecule has 2 rings (SSSR count). The van der Waals surface area contributed by atoms with Crippen molar-refractivity contribution in [2.24, 2.45) is 0 Å². The molecular weight excluding hydrogens is 302 g/mol. The lowest BCUT2D eigenvalue weighted by molar-refractivity contribution is 0.0987. The number of aromatic nitrogens is 1. The Morgan fingerprint density at radius 2 is 1.94 bits per heavy atom. The van der Waals surface area contributed by atoms with Crippen LogP contribution in [0.25, 0.3) is 0 Å². The fraction of sp³-hybridized carbons (Fsp3) is 0.0769. The monoisotopic (exact) mass is 309 g/mol. The number of carbonyl (C=O) groups is 1. The maximum atomic E-state index is 12.0. The van der Waals surface area contributed by atoms with Crippen molar-refractivity contribution in [3.63, 3.8) is 0 Å². The van der Waals surface area contributed by atoms with Gasteiger partial charge in [-0.3, -0.25) is 9.78 Å². The molecule has 0 bridgehead atoms. The van der Waals surface area contributed by atoms with E-state index >= 15 is 0 Å². The van der Waals surface area contributed by atoms with Crippen molar-refractivity contribution >= 4 is 33.3 Å². The van der Waals surface area contributed by atoms with Crippen LogP contribution in [0.15, 0.2) is 47.1 Å². The van der Waals surface area contributed by atoms with E-state index in [4.69, 9.17) is 11.6 Å². The molecule has 0 unspecified atom stereocenters. The van der Waals surface area contributed by atoms with Crippen LogP contribution < -0.4 is 0 Å². The molecule has 0 N–H and O–H groups in total. The Labute approximate surface area is 113 Å². The van der Waals surface area contributed by atoms with E-state index in [-0.39, 0.29) is 5.78 Å². The van der Waals surface area contributed by atoms with Crippen LogP contribution in [0.4, 0.5) is 0 Å². The van der Waals surface area contributed by atoms with Crippen LogP contribution >= 0.6 is 27.5 Å². The van der Waals surface area contributed by atoms with E-state index in [0.29, 0.717) is 17.1 Å². The molecule has 0 saturated heterocycles. The van der Waals surface area contributed by atoms with Crippen LogP contribution in [0.2, 0.25) is 5.02 Å². The normalized spacial score (nSPS) is 10.2. The van der Waals surface area contributed by atoms with Gasteiger partial charge in [0.25, 0.3) is 0 Å². The summed E-state index contributed by atoms with van der Waals surface area (Å²) in [6.45, 7) is 0. The second-order valence-electron chi connectivity index (χ2n) is 3.56. The minimum Gasteiger partial charge on any atom is -0.292 e. The molecule has 0 radical (unpaired) electrons. The molecule has 0 amide bonds. The molecule has 1 aromatic heterocycles. The Morgan fingerprint density at radius 1 is 1.24 bits per heavy atom. The lowest BCUT2D eigenvalue weighted by Gasteiger charge is -2.02. The molecule has 0 aliphatic heterocycles. The van der Waals surface area contributed by atoms with Gasteiger partial charge in [0, 0.05) is 22.1 Å². The quantitative estimate of drug-likeness (QED) is 0.804. The zero-order valence-corrected chi connectivity index (χ0v) is 11.2. The summed E-state index contributed by atoms with van der Waals surface area (Å²) in [5, 5.41) is 0.667. The summed E-state index contributed by atoms with van der Waals surface area (Å²) in [7, 11) is 0. The first-order valence-corrected chi connectivity index (χ1v) is 6.22. The van der Waals surface area contributed by atoms with Gasteiger partial charge < -0.3 is 0 Å². The Balaban J connectivity index is 2.17. The van der Waals surface area contributed by atoms with Gasteiger partial charge in [-0.1, -0.05) is 23.7 Å². The van der Waals surface area contributed by atoms with Crippen molar-refractivity contribution in [3.8, 4) is 0 Å². The van der Waals surface area contributed by atoms with Crippen LogP contribution in [0.5, 0.6) is 0 Å². The number of nitrogens with zero attached hydrogens (tertiary/aromatic N) is 1. The van der Waals surface area contributed by atoms with Gasteiger partial charge in [0.2, 0.25) is 0 Å². The zero-order valence-electron chi connectivity index (χ0n) is 8.86. The zero-order chi connectivity index (χ0) is 12.3. The molecular formula is C13H9BrClNO. The highest BCUT2D eigenvalue weighted by atomic mass is 79.9. The largest absolute Gasteiger partial charge is 0.292 e. The first-order valence-electron chi connectivity index (χ1n) is 5.05. The van der Waals surface area contributed by atoms with Gasteiger partial charge in [0.15, 0.2) is 5.78 Å². The first-order chi connectivity index (χ1) is 8.16. The summed E-state index contributed by atoms with van der Waals surface area (Å²) in [5.41, 5.74) is 1.39. The minimum atomic E-state index is -0.0141. The van der Waals surface area contributed by atoms with Gasteiger partial charge in [0.05, 0.1) is 0 Å². The van der Waals surface area contributed by atoms with Gasteiger partial charge in [-0.15, -0.1) is 0 Å². The first kappa shape index (κ1) is 12.3. The van der Waals surface area contributed by atoms with Crippen LogP contribution in [0, 0.1) is 0 Å². The molecule has 2 nitrogen and oxygen atoms in total. The highest BCUT2D eigenvalue weighted by Gasteiger charge is 2.11. The number of halogens is 2. The van der Waals surface area contributed by atoms with Crippen molar-refractivity contribution in [1.29, 1.82) is 0 Å². The van der Waals surface area contributed by atoms with Gasteiger partial charge in [-0.25, -0.2) is 0 Å². The van der Waals surface area contributed by atoms with Crippen LogP contribution in [-0.4, -0.2) is 10.8 Å². The summed E-state index contributed by atoms with van der Waals surface area (Å²) >= 11 is 9.10. The molecule has 0 atom stereocenters. The molecule has 2 aromatic rings. The third-order valence-electron chi connectivity index (χ3n) is 2.30. The summed E-state index contributed by atoms with van der Waals surface area (Å²) in [6.07, 6.45) is 1.94. The smallest absolute Gasteiger partial charge is 0.186 e. The molecule has 0 aliphatic carbocycles. The lowest BCUT2D eigenvalue weighted by atomic mass is 10.1. The molecule has 17 heavy (non-hydrogen) atoms. The van der Waals surface area contributed by atoms with Gasteiger partial charge in [-0.05, 0) is 45.8 Å². The van der Waals surface area contributed by atoms with Crippen molar-refractivity contribution in [2.75, 3.05) is 0 Å². The van der Waals surface area contributed by atoms with Gasteiger partial charge in [-0.2, -0.15) is 0 Å². The number of carbonyl (C=O) groups excluding carboxylic acids is 1. The maximum Gasteiger partial charge on any atom is 0.186 e. The predicted molar refractivity (Wildman–Crippen MR) is 71.4 cm³/mol. The lowest BCUT2D eigenvalue weighted by Crippen LogP contribution is -2.06. The second kappa shape index (κ2) is 5.43. The molecule has 0 spiro atoms. The van der Waals surface area contributed by atoms with E-state index < -0.39 is 0 Å². The molecule has 0 fully saturated rings. The number of hydrogen-bond acceptors (Lipinski definition) is 2. The Bertz CT molecular complexity index is 539. The van der Waals surface area contributed by atoms with Crippen LogP contribution in [-0.2, 0) is 6.42 Å². The van der Waals surface area contributed by atoms with Crippen molar-refractivity contribution in [2.45, 2.75) is 6.42 Å². The van der Waals surface area contributed by atoms with E-state index in [9.17, 15) is 4.79 Å². The average Bonchev–Trinajstić information content (AvgIpc) is 2.32. The van der Waals surface area contributed by atoms with Gasteiger partial charge in [0.1, 0.15) is 5.69 Å². The highest BCUT2D eigenvalue weighted by molar-refractivity contribution is 9.10. The number of benzene rings is 1. The highest BCUT2D eigenvalue weighted by Crippen LogP contribution is 2.16. The molecule has 86 valence electrons. The van der Waals surface area contributed by atoms with Crippen molar-refractivity contribution in [1.82, 2.24) is 4.98 Å². The Morgan fingerprint density at radius 3 is 2.59 bits per heavy atom. The van der Waals surface area contributed by atoms with Gasteiger partial charge >= 0.3 is 0 Å². The predicted octanol–water partition coefficient (Wildman–Crippen LogP) is 3.92. The molecule has 1 aromatic carbocycles. The molecule has 4 heteroatoms. The van der Waals surface area contributed by atoms with Crippen LogP contribution in [0.3, 0.4) is 0 Å². The topological polar surface area (TPSA) is 30.0 Å². The number of rotatable bonds is 3. The Hall–Kier alpha value is -1.19. The minimum absolute atomic E-state index is 0.0141. The molecule has 0 saturated carbocycles.